The van der Waals surface area contributed by atoms with Crippen molar-refractivity contribution in [3.8, 4) is 0 Å². The Hall–Kier alpha value is -0.740. The van der Waals surface area contributed by atoms with E-state index in [0.717, 1.165) is 51.6 Å². The minimum Gasteiger partial charge on any atom is -0.330 e. The summed E-state index contributed by atoms with van der Waals surface area (Å²) in [5.41, 5.74) is 5.41. The third-order valence-corrected chi connectivity index (χ3v) is 2.55. The van der Waals surface area contributed by atoms with Gasteiger partial charge in [-0.15, -0.1) is 0 Å². The Kier molecular flexibility index (Phi) is 11.8. The molecule has 0 fully saturated rings. The van der Waals surface area contributed by atoms with E-state index in [4.69, 9.17) is 5.73 Å². The van der Waals surface area contributed by atoms with Crippen molar-refractivity contribution in [2.75, 3.05) is 26.2 Å². The van der Waals surface area contributed by atoms with Crippen LogP contribution < -0.4 is 5.73 Å². The van der Waals surface area contributed by atoms with Crippen LogP contribution in [-0.4, -0.2) is 43.7 Å². The van der Waals surface area contributed by atoms with Crippen molar-refractivity contribution in [1.29, 1.82) is 0 Å². The second-order valence-electron chi connectivity index (χ2n) is 3.96. The summed E-state index contributed by atoms with van der Waals surface area (Å²) in [5, 5.41) is 0. The maximum atomic E-state index is 10.3. The van der Waals surface area contributed by atoms with E-state index in [1.54, 1.807) is 0 Å². The average Bonchev–Trinajstić information content (AvgIpc) is 2.31. The first kappa shape index (κ1) is 15.3. The van der Waals surface area contributed by atoms with Gasteiger partial charge >= 0.3 is 0 Å². The van der Waals surface area contributed by atoms with Gasteiger partial charge in [0.2, 0.25) is 0 Å². The molecule has 4 nitrogen and oxygen atoms in total. The van der Waals surface area contributed by atoms with Crippen LogP contribution in [0.3, 0.4) is 0 Å². The van der Waals surface area contributed by atoms with Gasteiger partial charge in [0.05, 0.1) is 0 Å². The number of hydrogen-bond acceptors (Lipinski definition) is 4. The molecule has 0 radical (unpaired) electrons. The Morgan fingerprint density at radius 1 is 0.812 bits per heavy atom. The molecule has 0 aromatic rings. The van der Waals surface area contributed by atoms with Crippen molar-refractivity contribution in [2.24, 2.45) is 5.73 Å². The Morgan fingerprint density at radius 3 is 1.88 bits per heavy atom. The minimum atomic E-state index is 0.557. The van der Waals surface area contributed by atoms with Crippen LogP contribution in [-0.2, 0) is 9.59 Å². The first-order chi connectivity index (χ1) is 7.85. The molecule has 0 amide bonds. The zero-order chi connectivity index (χ0) is 12.1. The van der Waals surface area contributed by atoms with Crippen molar-refractivity contribution in [1.82, 2.24) is 4.90 Å². The van der Waals surface area contributed by atoms with E-state index in [1.807, 2.05) is 0 Å². The van der Waals surface area contributed by atoms with Crippen molar-refractivity contribution in [2.45, 2.75) is 38.5 Å². The molecule has 0 bridgehead atoms. The van der Waals surface area contributed by atoms with Gasteiger partial charge in [-0.05, 0) is 25.9 Å². The van der Waals surface area contributed by atoms with Crippen LogP contribution in [0.25, 0.3) is 0 Å². The highest BCUT2D eigenvalue weighted by Gasteiger charge is 2.03. The smallest absolute Gasteiger partial charge is 0.121 e. The summed E-state index contributed by atoms with van der Waals surface area (Å²) in [6.45, 7) is 3.29. The summed E-state index contributed by atoms with van der Waals surface area (Å²) in [7, 11) is 0. The second-order valence-corrected chi connectivity index (χ2v) is 3.96. The van der Waals surface area contributed by atoms with E-state index in [-0.39, 0.29) is 0 Å². The molecule has 0 heterocycles. The number of carbonyl (C=O) groups excluding carboxylic acids is 2. The first-order valence-corrected chi connectivity index (χ1v) is 6.14. The first-order valence-electron chi connectivity index (χ1n) is 6.14. The molecule has 0 spiro atoms. The zero-order valence-electron chi connectivity index (χ0n) is 10.1. The van der Waals surface area contributed by atoms with Crippen LogP contribution >= 0.6 is 0 Å². The van der Waals surface area contributed by atoms with E-state index in [0.29, 0.717) is 12.8 Å². The van der Waals surface area contributed by atoms with Gasteiger partial charge in [-0.3, -0.25) is 0 Å². The number of carbonyl (C=O) groups is 2. The maximum Gasteiger partial charge on any atom is 0.121 e. The maximum absolute atomic E-state index is 10.3. The summed E-state index contributed by atoms with van der Waals surface area (Å²) in [6.07, 6.45) is 7.54. The largest absolute Gasteiger partial charge is 0.330 e. The number of unbranched alkanes of at least 4 members (excludes halogenated alkanes) is 3. The molecule has 0 aliphatic carbocycles. The Bertz CT molecular complexity index is 162. The standard InChI is InChI=1S/C12H24N2O2/c13-7-3-1-2-4-8-14(9-5-11-15)10-6-12-16/h11-12H,1-10,13H2. The van der Waals surface area contributed by atoms with Gasteiger partial charge in [0.25, 0.3) is 0 Å². The highest BCUT2D eigenvalue weighted by atomic mass is 16.1. The van der Waals surface area contributed by atoms with Crippen LogP contribution in [0.1, 0.15) is 38.5 Å². The molecule has 0 rings (SSSR count). The third-order valence-electron chi connectivity index (χ3n) is 2.55. The molecule has 94 valence electrons. The van der Waals surface area contributed by atoms with E-state index in [1.165, 1.54) is 12.8 Å². The quantitative estimate of drug-likeness (QED) is 0.399. The number of nitrogens with zero attached hydrogens (tertiary/aromatic N) is 1. The van der Waals surface area contributed by atoms with E-state index in [9.17, 15) is 9.59 Å². The van der Waals surface area contributed by atoms with Crippen molar-refractivity contribution in [3.05, 3.63) is 0 Å². The predicted molar refractivity (Wildman–Crippen MR) is 65.3 cm³/mol. The topological polar surface area (TPSA) is 63.4 Å². The summed E-state index contributed by atoms with van der Waals surface area (Å²) >= 11 is 0. The highest BCUT2D eigenvalue weighted by Crippen LogP contribution is 2.02. The molecule has 0 saturated carbocycles. The summed E-state index contributed by atoms with van der Waals surface area (Å²) in [5.74, 6) is 0. The van der Waals surface area contributed by atoms with Gasteiger partial charge in [-0.2, -0.15) is 0 Å². The lowest BCUT2D eigenvalue weighted by Crippen LogP contribution is -2.27. The Balaban J connectivity index is 3.55. The molecule has 0 saturated heterocycles. The average molecular weight is 228 g/mol. The minimum absolute atomic E-state index is 0.557. The van der Waals surface area contributed by atoms with Crippen LogP contribution in [0.4, 0.5) is 0 Å². The molecule has 16 heavy (non-hydrogen) atoms. The molecule has 0 aromatic carbocycles. The SMILES string of the molecule is NCCCCCCN(CCC=O)CCC=O. The Labute approximate surface area is 98.2 Å². The molecule has 0 unspecified atom stereocenters. The number of hydrogen-bond donors (Lipinski definition) is 1. The predicted octanol–water partition coefficient (Wildman–Crippen LogP) is 0.986. The molecular formula is C12H24N2O2. The normalized spacial score (nSPS) is 10.6. The molecule has 0 aromatic heterocycles. The van der Waals surface area contributed by atoms with Gasteiger partial charge in [-0.1, -0.05) is 12.8 Å². The second kappa shape index (κ2) is 12.3. The molecule has 0 atom stereocenters. The van der Waals surface area contributed by atoms with Gasteiger partial charge in [-0.25, -0.2) is 0 Å². The fourth-order valence-electron chi connectivity index (χ4n) is 1.64. The summed E-state index contributed by atoms with van der Waals surface area (Å²) in [4.78, 5) is 22.8. The summed E-state index contributed by atoms with van der Waals surface area (Å²) < 4.78 is 0. The van der Waals surface area contributed by atoms with Crippen LogP contribution in [0, 0.1) is 0 Å². The monoisotopic (exact) mass is 228 g/mol. The molecule has 4 heteroatoms. The third kappa shape index (κ3) is 9.80. The number of nitrogens with two attached hydrogens (primary N) is 1. The van der Waals surface area contributed by atoms with Crippen molar-refractivity contribution >= 4 is 12.6 Å². The van der Waals surface area contributed by atoms with Gasteiger partial charge in [0.15, 0.2) is 0 Å². The van der Waals surface area contributed by atoms with Crippen molar-refractivity contribution < 1.29 is 9.59 Å². The lowest BCUT2D eigenvalue weighted by atomic mass is 10.2. The Morgan fingerprint density at radius 2 is 1.38 bits per heavy atom. The number of aldehydes is 2. The fourth-order valence-corrected chi connectivity index (χ4v) is 1.64. The van der Waals surface area contributed by atoms with Crippen LogP contribution in [0.15, 0.2) is 0 Å². The van der Waals surface area contributed by atoms with Crippen LogP contribution in [0.5, 0.6) is 0 Å². The zero-order valence-corrected chi connectivity index (χ0v) is 10.1. The van der Waals surface area contributed by atoms with E-state index < -0.39 is 0 Å². The highest BCUT2D eigenvalue weighted by molar-refractivity contribution is 5.50. The lowest BCUT2D eigenvalue weighted by molar-refractivity contribution is -0.108. The van der Waals surface area contributed by atoms with E-state index >= 15 is 0 Å². The van der Waals surface area contributed by atoms with Gasteiger partial charge in [0, 0.05) is 25.9 Å². The summed E-state index contributed by atoms with van der Waals surface area (Å²) in [6, 6.07) is 0. The van der Waals surface area contributed by atoms with Gasteiger partial charge < -0.3 is 20.2 Å². The van der Waals surface area contributed by atoms with E-state index in [2.05, 4.69) is 4.90 Å². The fraction of sp³-hybridized carbons (Fsp3) is 0.833. The molecule has 2 N–H and O–H groups in total. The van der Waals surface area contributed by atoms with Crippen molar-refractivity contribution in [3.63, 3.8) is 0 Å². The number of rotatable bonds is 12. The van der Waals surface area contributed by atoms with Crippen LogP contribution in [0.2, 0.25) is 0 Å². The molecular weight excluding hydrogens is 204 g/mol. The van der Waals surface area contributed by atoms with Gasteiger partial charge in [0.1, 0.15) is 12.6 Å². The lowest BCUT2D eigenvalue weighted by Gasteiger charge is -2.19. The molecule has 0 aliphatic rings. The molecule has 0 aliphatic heterocycles.